The number of ether oxygens (including phenoxy) is 4. The maximum atomic E-state index is 14.0. The standard InChI is InChI=1S/C27H32FNO7/c1-15-16(2)33-27(26(35-19(5)32)25(15)34-18(4)31)36-23-10-9-20(11-12-29-17(3)30)24(14-23)21-7-6-8-22(28)13-21/h6-10,13-16,25-27H,11-12H2,1-5H3,(H,29,30)/t15-,16+,25-,26+,27+/m1/s1. The summed E-state index contributed by atoms with van der Waals surface area (Å²) >= 11 is 0. The van der Waals surface area contributed by atoms with Crippen LogP contribution in [0.1, 0.15) is 40.2 Å². The van der Waals surface area contributed by atoms with Crippen LogP contribution >= 0.6 is 0 Å². The zero-order chi connectivity index (χ0) is 26.4. The van der Waals surface area contributed by atoms with Crippen molar-refractivity contribution in [2.75, 3.05) is 6.54 Å². The largest absolute Gasteiger partial charge is 0.461 e. The summed E-state index contributed by atoms with van der Waals surface area (Å²) in [6.45, 7) is 8.08. The quantitative estimate of drug-likeness (QED) is 0.549. The molecule has 9 heteroatoms. The Bertz CT molecular complexity index is 1110. The summed E-state index contributed by atoms with van der Waals surface area (Å²) in [6.07, 6.45) is -2.64. The van der Waals surface area contributed by atoms with Crippen molar-refractivity contribution in [1.29, 1.82) is 0 Å². The van der Waals surface area contributed by atoms with Crippen LogP contribution in [0.2, 0.25) is 0 Å². The number of esters is 2. The molecular formula is C27H32FNO7. The van der Waals surface area contributed by atoms with Gasteiger partial charge in [-0.3, -0.25) is 14.4 Å². The minimum atomic E-state index is -1.05. The Morgan fingerprint density at radius 3 is 2.31 bits per heavy atom. The van der Waals surface area contributed by atoms with E-state index < -0.39 is 30.4 Å². The predicted octanol–water partition coefficient (Wildman–Crippen LogP) is 3.79. The molecule has 1 aliphatic rings. The Labute approximate surface area is 210 Å². The van der Waals surface area contributed by atoms with E-state index in [9.17, 15) is 18.8 Å². The van der Waals surface area contributed by atoms with E-state index in [2.05, 4.69) is 5.32 Å². The molecule has 0 saturated carbocycles. The van der Waals surface area contributed by atoms with Crippen molar-refractivity contribution in [2.24, 2.45) is 5.92 Å². The van der Waals surface area contributed by atoms with Crippen LogP contribution in [0.15, 0.2) is 42.5 Å². The Morgan fingerprint density at radius 1 is 0.972 bits per heavy atom. The molecule has 36 heavy (non-hydrogen) atoms. The highest BCUT2D eigenvalue weighted by molar-refractivity contribution is 5.73. The molecule has 0 aliphatic carbocycles. The van der Waals surface area contributed by atoms with Gasteiger partial charge >= 0.3 is 11.9 Å². The van der Waals surface area contributed by atoms with Crippen LogP contribution in [0.3, 0.4) is 0 Å². The molecule has 2 aromatic carbocycles. The van der Waals surface area contributed by atoms with E-state index in [0.717, 1.165) is 11.1 Å². The van der Waals surface area contributed by atoms with Gasteiger partial charge in [0.15, 0.2) is 0 Å². The Kier molecular flexibility index (Phi) is 9.03. The minimum absolute atomic E-state index is 0.140. The molecule has 1 heterocycles. The summed E-state index contributed by atoms with van der Waals surface area (Å²) in [5.74, 6) is -1.46. The van der Waals surface area contributed by atoms with Crippen LogP contribution < -0.4 is 10.1 Å². The topological polar surface area (TPSA) is 100 Å². The van der Waals surface area contributed by atoms with E-state index in [4.69, 9.17) is 18.9 Å². The fourth-order valence-electron chi connectivity index (χ4n) is 4.19. The molecule has 2 aromatic rings. The van der Waals surface area contributed by atoms with Crippen LogP contribution in [-0.2, 0) is 35.0 Å². The first kappa shape index (κ1) is 27.1. The van der Waals surface area contributed by atoms with Gasteiger partial charge in [-0.05, 0) is 54.3 Å². The second kappa shape index (κ2) is 12.0. The average Bonchev–Trinajstić information content (AvgIpc) is 2.79. The maximum absolute atomic E-state index is 14.0. The summed E-state index contributed by atoms with van der Waals surface area (Å²) in [5.41, 5.74) is 2.23. The van der Waals surface area contributed by atoms with Gasteiger partial charge in [-0.15, -0.1) is 0 Å². The molecule has 0 unspecified atom stereocenters. The maximum Gasteiger partial charge on any atom is 0.303 e. The number of rotatable bonds is 8. The van der Waals surface area contributed by atoms with Crippen LogP contribution in [0.4, 0.5) is 4.39 Å². The molecule has 1 amide bonds. The molecule has 0 aromatic heterocycles. The molecule has 0 bridgehead atoms. The summed E-state index contributed by atoms with van der Waals surface area (Å²) in [7, 11) is 0. The van der Waals surface area contributed by atoms with E-state index in [1.54, 1.807) is 24.3 Å². The van der Waals surface area contributed by atoms with E-state index in [-0.39, 0.29) is 23.7 Å². The number of benzene rings is 2. The van der Waals surface area contributed by atoms with Gasteiger partial charge in [-0.25, -0.2) is 4.39 Å². The minimum Gasteiger partial charge on any atom is -0.461 e. The van der Waals surface area contributed by atoms with Gasteiger partial charge in [0.25, 0.3) is 0 Å². The highest BCUT2D eigenvalue weighted by Crippen LogP contribution is 2.34. The van der Waals surface area contributed by atoms with E-state index >= 15 is 0 Å². The van der Waals surface area contributed by atoms with E-state index in [0.29, 0.717) is 24.3 Å². The smallest absolute Gasteiger partial charge is 0.303 e. The number of halogens is 1. The first-order valence-corrected chi connectivity index (χ1v) is 11.8. The first-order valence-electron chi connectivity index (χ1n) is 11.8. The van der Waals surface area contributed by atoms with Crippen molar-refractivity contribution >= 4 is 17.8 Å². The average molecular weight is 502 g/mol. The van der Waals surface area contributed by atoms with Gasteiger partial charge in [-0.2, -0.15) is 0 Å². The number of carbonyl (C=O) groups is 3. The van der Waals surface area contributed by atoms with Crippen molar-refractivity contribution in [1.82, 2.24) is 5.32 Å². The van der Waals surface area contributed by atoms with Crippen molar-refractivity contribution in [3.05, 3.63) is 53.8 Å². The third-order valence-electron chi connectivity index (χ3n) is 6.04. The predicted molar refractivity (Wildman–Crippen MR) is 129 cm³/mol. The third-order valence-corrected chi connectivity index (χ3v) is 6.04. The summed E-state index contributed by atoms with van der Waals surface area (Å²) < 4.78 is 37.1. The number of hydrogen-bond acceptors (Lipinski definition) is 7. The lowest BCUT2D eigenvalue weighted by molar-refractivity contribution is -0.263. The van der Waals surface area contributed by atoms with Gasteiger partial charge < -0.3 is 24.3 Å². The summed E-state index contributed by atoms with van der Waals surface area (Å²) in [6, 6.07) is 11.5. The van der Waals surface area contributed by atoms with Gasteiger partial charge in [0.1, 0.15) is 17.7 Å². The SMILES string of the molecule is CC(=O)NCCc1ccc(O[C@@H]2O[C@@H](C)[C@@H](C)[C@@H](OC(C)=O)[C@@H]2OC(C)=O)cc1-c1cccc(F)c1. The lowest BCUT2D eigenvalue weighted by Gasteiger charge is -2.43. The fraction of sp³-hybridized carbons (Fsp3) is 0.444. The van der Waals surface area contributed by atoms with Crippen molar-refractivity contribution in [3.8, 4) is 16.9 Å². The Morgan fingerprint density at radius 2 is 1.67 bits per heavy atom. The van der Waals surface area contributed by atoms with E-state index in [1.165, 1.54) is 32.9 Å². The molecule has 3 rings (SSSR count). The van der Waals surface area contributed by atoms with Crippen LogP contribution in [0, 0.1) is 11.7 Å². The molecule has 1 N–H and O–H groups in total. The zero-order valence-corrected chi connectivity index (χ0v) is 21.1. The number of carbonyl (C=O) groups excluding carboxylic acids is 3. The normalized spacial score (nSPS) is 23.4. The van der Waals surface area contributed by atoms with E-state index in [1.807, 2.05) is 19.9 Å². The monoisotopic (exact) mass is 501 g/mol. The number of hydrogen-bond donors (Lipinski definition) is 1. The highest BCUT2D eigenvalue weighted by atomic mass is 19.1. The molecule has 1 fully saturated rings. The molecule has 1 aliphatic heterocycles. The highest BCUT2D eigenvalue weighted by Gasteiger charge is 2.47. The second-order valence-corrected chi connectivity index (χ2v) is 8.90. The first-order chi connectivity index (χ1) is 17.0. The van der Waals surface area contributed by atoms with Gasteiger partial charge in [0.05, 0.1) is 6.10 Å². The number of amides is 1. The fourth-order valence-corrected chi connectivity index (χ4v) is 4.19. The lowest BCUT2D eigenvalue weighted by Crippen LogP contribution is -2.57. The second-order valence-electron chi connectivity index (χ2n) is 8.90. The van der Waals surface area contributed by atoms with Gasteiger partial charge in [0, 0.05) is 33.2 Å². The van der Waals surface area contributed by atoms with Crippen LogP contribution in [-0.4, -0.2) is 49.0 Å². The van der Waals surface area contributed by atoms with Crippen LogP contribution in [0.25, 0.3) is 11.1 Å². The lowest BCUT2D eigenvalue weighted by atomic mass is 9.91. The number of nitrogens with one attached hydrogen (secondary N) is 1. The van der Waals surface area contributed by atoms with Crippen molar-refractivity contribution in [2.45, 2.75) is 65.6 Å². The van der Waals surface area contributed by atoms with Crippen LogP contribution in [0.5, 0.6) is 5.75 Å². The zero-order valence-electron chi connectivity index (χ0n) is 21.1. The van der Waals surface area contributed by atoms with Crippen molar-refractivity contribution < 1.29 is 37.7 Å². The Hall–Kier alpha value is -3.46. The summed E-state index contributed by atoms with van der Waals surface area (Å²) in [4.78, 5) is 34.9. The summed E-state index contributed by atoms with van der Waals surface area (Å²) in [5, 5.41) is 2.76. The van der Waals surface area contributed by atoms with Crippen molar-refractivity contribution in [3.63, 3.8) is 0 Å². The van der Waals surface area contributed by atoms with Gasteiger partial charge in [0.2, 0.25) is 18.3 Å². The molecule has 0 radical (unpaired) electrons. The van der Waals surface area contributed by atoms with Gasteiger partial charge in [-0.1, -0.05) is 25.1 Å². The molecule has 5 atom stereocenters. The molecular weight excluding hydrogens is 469 g/mol. The molecule has 8 nitrogen and oxygen atoms in total. The molecule has 194 valence electrons. The third kappa shape index (κ3) is 7.04. The molecule has 0 spiro atoms. The molecule has 1 saturated heterocycles. The Balaban J connectivity index is 1.94.